The number of rotatable bonds is 8. The van der Waals surface area contributed by atoms with E-state index in [1.807, 2.05) is 24.3 Å². The van der Waals surface area contributed by atoms with E-state index in [1.54, 1.807) is 18.2 Å². The second kappa shape index (κ2) is 8.62. The highest BCUT2D eigenvalue weighted by Gasteiger charge is 2.18. The second-order valence-corrected chi connectivity index (χ2v) is 7.61. The summed E-state index contributed by atoms with van der Waals surface area (Å²) in [5.41, 5.74) is 1.33. The number of para-hydroxylation sites is 1. The highest BCUT2D eigenvalue weighted by atomic mass is 35.7. The molecule has 0 amide bonds. The van der Waals surface area contributed by atoms with Gasteiger partial charge in [0, 0.05) is 23.5 Å². The Kier molecular flexibility index (Phi) is 6.79. The molecule has 0 saturated carbocycles. The van der Waals surface area contributed by atoms with Gasteiger partial charge < -0.3 is 14.0 Å². The minimum absolute atomic E-state index is 0.0169. The van der Waals surface area contributed by atoms with Crippen LogP contribution in [0.3, 0.4) is 0 Å². The van der Waals surface area contributed by atoms with E-state index in [9.17, 15) is 8.42 Å². The number of aliphatic hydroxyl groups is 1. The van der Waals surface area contributed by atoms with Gasteiger partial charge in [-0.3, -0.25) is 0 Å². The number of benzene rings is 2. The van der Waals surface area contributed by atoms with E-state index in [0.29, 0.717) is 17.7 Å². The third-order valence-electron chi connectivity index (χ3n) is 3.01. The van der Waals surface area contributed by atoms with Crippen molar-refractivity contribution in [3.8, 4) is 22.6 Å². The number of hydrogen-bond acceptors (Lipinski definition) is 6. The fourth-order valence-corrected chi connectivity index (χ4v) is 3.12. The Hall–Kier alpha value is -1.41. The summed E-state index contributed by atoms with van der Waals surface area (Å²) < 4.78 is 34.0. The normalized spacial score (nSPS) is 11.3. The maximum atomic E-state index is 11.6. The van der Waals surface area contributed by atoms with E-state index in [1.165, 1.54) is 0 Å². The van der Waals surface area contributed by atoms with Crippen LogP contribution in [0, 0.1) is 0 Å². The van der Waals surface area contributed by atoms with Gasteiger partial charge in [-0.05, 0) is 45.4 Å². The Labute approximate surface area is 150 Å². The van der Waals surface area contributed by atoms with Crippen molar-refractivity contribution in [3.05, 3.63) is 42.5 Å². The number of aliphatic hydroxyl groups excluding tert-OH is 1. The molecule has 5 nitrogen and oxygen atoms in total. The van der Waals surface area contributed by atoms with Crippen LogP contribution in [-0.4, -0.2) is 33.0 Å². The first kappa shape index (κ1) is 18.9. The van der Waals surface area contributed by atoms with Gasteiger partial charge in [-0.15, -0.1) is 0 Å². The fourth-order valence-electron chi connectivity index (χ4n) is 2.05. The molecule has 0 atom stereocenters. The summed E-state index contributed by atoms with van der Waals surface area (Å²) in [6, 6.07) is 12.5. The first-order valence-electron chi connectivity index (χ1n) is 7.10. The highest BCUT2D eigenvalue weighted by Crippen LogP contribution is 2.40. The van der Waals surface area contributed by atoms with E-state index < -0.39 is 10.1 Å². The molecule has 0 bridgehead atoms. The summed E-state index contributed by atoms with van der Waals surface area (Å²) >= 11 is 0. The fraction of sp³-hybridized carbons (Fsp3) is 0.250. The minimum atomic E-state index is -3.74. The Bertz CT molecular complexity index is 793. The van der Waals surface area contributed by atoms with Crippen molar-refractivity contribution in [2.75, 3.05) is 19.5 Å². The summed E-state index contributed by atoms with van der Waals surface area (Å²) in [5.74, 6) is 0.421. The van der Waals surface area contributed by atoms with Gasteiger partial charge in [0.05, 0.1) is 12.9 Å². The molecule has 130 valence electrons. The molecule has 1 N–H and O–H groups in total. The van der Waals surface area contributed by atoms with E-state index in [-0.39, 0.29) is 19.0 Å². The van der Waals surface area contributed by atoms with Crippen LogP contribution in [0.1, 0.15) is 6.42 Å². The first-order valence-corrected chi connectivity index (χ1v) is 10.6. The van der Waals surface area contributed by atoms with Crippen LogP contribution in [0.2, 0.25) is 0 Å². The molecule has 0 radical (unpaired) electrons. The molecule has 0 unspecified atom stereocenters. The molecule has 2 aromatic rings. The molecule has 0 heterocycles. The van der Waals surface area contributed by atoms with E-state index >= 15 is 0 Å². The minimum Gasteiger partial charge on any atom is -0.490 e. The molecule has 0 fully saturated rings. The second-order valence-electron chi connectivity index (χ2n) is 4.95. The van der Waals surface area contributed by atoms with Gasteiger partial charge >= 0.3 is 10.1 Å². The molecule has 24 heavy (non-hydrogen) atoms. The molecule has 2 rings (SSSR count). The van der Waals surface area contributed by atoms with Gasteiger partial charge in [-0.2, -0.15) is 8.42 Å². The molecule has 0 aromatic heterocycles. The van der Waals surface area contributed by atoms with Gasteiger partial charge in [0.25, 0.3) is 0 Å². The lowest BCUT2D eigenvalue weighted by molar-refractivity contribution is 0.231. The average molecular weight is 389 g/mol. The maximum Gasteiger partial charge on any atom is 0.306 e. The molecular weight excluding hydrogens is 372 g/mol. The third-order valence-corrected chi connectivity index (χ3v) is 4.44. The molecule has 0 saturated heterocycles. The lowest BCUT2D eigenvalue weighted by atomic mass is 10.0. The SMILES string of the molecule is CS(=O)(=O)Oc1c(OCCCO)cccc1-c1cccc(SCl)c1. The zero-order chi connectivity index (χ0) is 17.6. The number of hydrogen-bond donors (Lipinski definition) is 1. The summed E-state index contributed by atoms with van der Waals surface area (Å²) in [5, 5.41) is 8.87. The monoisotopic (exact) mass is 388 g/mol. The van der Waals surface area contributed by atoms with Crippen molar-refractivity contribution in [3.63, 3.8) is 0 Å². The van der Waals surface area contributed by atoms with E-state index in [4.69, 9.17) is 24.7 Å². The van der Waals surface area contributed by atoms with Crippen LogP contribution in [0.4, 0.5) is 0 Å². The van der Waals surface area contributed by atoms with Crippen molar-refractivity contribution < 1.29 is 22.4 Å². The van der Waals surface area contributed by atoms with Crippen molar-refractivity contribution in [2.45, 2.75) is 11.3 Å². The smallest absolute Gasteiger partial charge is 0.306 e. The number of halogens is 1. The lowest BCUT2D eigenvalue weighted by Crippen LogP contribution is -2.09. The quantitative estimate of drug-likeness (QED) is 0.549. The molecule has 0 aliphatic carbocycles. The molecule has 0 aliphatic heterocycles. The average Bonchev–Trinajstić information content (AvgIpc) is 2.55. The summed E-state index contributed by atoms with van der Waals surface area (Å²) in [4.78, 5) is 0.825. The van der Waals surface area contributed by atoms with Gasteiger partial charge in [0.1, 0.15) is 0 Å². The van der Waals surface area contributed by atoms with Crippen LogP contribution in [0.5, 0.6) is 11.5 Å². The van der Waals surface area contributed by atoms with Crippen molar-refractivity contribution in [1.29, 1.82) is 0 Å². The van der Waals surface area contributed by atoms with Crippen molar-refractivity contribution in [1.82, 2.24) is 0 Å². The Morgan fingerprint density at radius 2 is 1.96 bits per heavy atom. The molecule has 8 heteroatoms. The summed E-state index contributed by atoms with van der Waals surface area (Å²) in [7, 11) is 3.12. The zero-order valence-electron chi connectivity index (χ0n) is 12.9. The largest absolute Gasteiger partial charge is 0.490 e. The molecular formula is C16H17ClO5S2. The Morgan fingerprint density at radius 3 is 2.62 bits per heavy atom. The molecule has 0 aliphatic rings. The standard InChI is InChI=1S/C16H17ClO5S2/c1-24(19,20)22-16-14(12-5-2-6-13(11-12)23-17)7-3-8-15(16)21-10-4-9-18/h2-3,5-8,11,18H,4,9-10H2,1H3. The maximum absolute atomic E-state index is 11.6. The number of ether oxygens (including phenoxy) is 1. The third kappa shape index (κ3) is 5.31. The predicted octanol–water partition coefficient (Wildman–Crippen LogP) is 3.70. The van der Waals surface area contributed by atoms with Crippen LogP contribution in [0.25, 0.3) is 11.1 Å². The predicted molar refractivity (Wildman–Crippen MR) is 96.3 cm³/mol. The van der Waals surface area contributed by atoms with Crippen LogP contribution < -0.4 is 8.92 Å². The Morgan fingerprint density at radius 1 is 1.21 bits per heavy atom. The van der Waals surface area contributed by atoms with Gasteiger partial charge in [-0.25, -0.2) is 0 Å². The molecule has 0 spiro atoms. The molecule has 2 aromatic carbocycles. The topological polar surface area (TPSA) is 72.8 Å². The van der Waals surface area contributed by atoms with Crippen LogP contribution >= 0.6 is 21.7 Å². The van der Waals surface area contributed by atoms with Crippen LogP contribution in [-0.2, 0) is 10.1 Å². The van der Waals surface area contributed by atoms with Crippen molar-refractivity contribution >= 4 is 31.8 Å². The highest BCUT2D eigenvalue weighted by molar-refractivity contribution is 8.21. The Balaban J connectivity index is 2.50. The van der Waals surface area contributed by atoms with Gasteiger partial charge in [-0.1, -0.05) is 24.3 Å². The summed E-state index contributed by atoms with van der Waals surface area (Å²) in [6.45, 7) is 0.231. The van der Waals surface area contributed by atoms with Gasteiger partial charge in [0.2, 0.25) is 0 Å². The van der Waals surface area contributed by atoms with E-state index in [2.05, 4.69) is 0 Å². The van der Waals surface area contributed by atoms with Gasteiger partial charge in [0.15, 0.2) is 11.5 Å². The first-order chi connectivity index (χ1) is 11.4. The zero-order valence-corrected chi connectivity index (χ0v) is 15.3. The summed E-state index contributed by atoms with van der Waals surface area (Å²) in [6.07, 6.45) is 1.41. The van der Waals surface area contributed by atoms with E-state index in [0.717, 1.165) is 27.7 Å². The lowest BCUT2D eigenvalue weighted by Gasteiger charge is -2.15. The van der Waals surface area contributed by atoms with Crippen molar-refractivity contribution in [2.24, 2.45) is 0 Å². The van der Waals surface area contributed by atoms with Crippen LogP contribution in [0.15, 0.2) is 47.4 Å².